The lowest BCUT2D eigenvalue weighted by Crippen LogP contribution is -2.14. The van der Waals surface area contributed by atoms with Crippen LogP contribution in [0.2, 0.25) is 5.02 Å². The van der Waals surface area contributed by atoms with Gasteiger partial charge in [0.05, 0.1) is 25.3 Å². The number of methoxy groups -OCH3 is 2. The van der Waals surface area contributed by atoms with Crippen molar-refractivity contribution < 1.29 is 28.6 Å². The summed E-state index contributed by atoms with van der Waals surface area (Å²) in [7, 11) is 2.47. The van der Waals surface area contributed by atoms with Crippen molar-refractivity contribution in [2.75, 3.05) is 19.5 Å². The number of halogens is 1. The van der Waals surface area contributed by atoms with Gasteiger partial charge in [0.1, 0.15) is 12.4 Å². The molecule has 0 aliphatic rings. The maximum absolute atomic E-state index is 12.7. The number of ether oxygens (including phenoxy) is 3. The van der Waals surface area contributed by atoms with E-state index in [2.05, 4.69) is 5.32 Å². The maximum Gasteiger partial charge on any atom is 0.337 e. The Morgan fingerprint density at radius 1 is 0.780 bits per heavy atom. The summed E-state index contributed by atoms with van der Waals surface area (Å²) in [6.45, 7) is 0.492. The van der Waals surface area contributed by atoms with E-state index < -0.39 is 11.9 Å². The maximum atomic E-state index is 12.7. The minimum absolute atomic E-state index is 0.120. The van der Waals surface area contributed by atoms with Crippen molar-refractivity contribution in [3.05, 3.63) is 118 Å². The number of carbonyl (C=O) groups excluding carboxylic acids is 3. The van der Waals surface area contributed by atoms with E-state index in [1.165, 1.54) is 32.4 Å². The number of nitrogens with one attached hydrogen (secondary N) is 1. The third kappa shape index (κ3) is 8.61. The van der Waals surface area contributed by atoms with Gasteiger partial charge >= 0.3 is 11.9 Å². The van der Waals surface area contributed by atoms with E-state index in [1.807, 2.05) is 72.8 Å². The van der Waals surface area contributed by atoms with Crippen molar-refractivity contribution in [3.8, 4) is 5.75 Å². The van der Waals surface area contributed by atoms with Crippen molar-refractivity contribution in [1.29, 1.82) is 0 Å². The first-order chi connectivity index (χ1) is 19.8. The topological polar surface area (TPSA) is 90.9 Å². The third-order valence-electron chi connectivity index (χ3n) is 5.99. The summed E-state index contributed by atoms with van der Waals surface area (Å²) >= 11 is 8.12. The van der Waals surface area contributed by atoms with Crippen molar-refractivity contribution in [2.45, 2.75) is 29.2 Å². The van der Waals surface area contributed by atoms with E-state index in [9.17, 15) is 14.4 Å². The number of benzene rings is 4. The second kappa shape index (κ2) is 14.4. The Morgan fingerprint density at radius 2 is 1.46 bits per heavy atom. The van der Waals surface area contributed by atoms with Crippen LogP contribution < -0.4 is 10.1 Å². The fraction of sp³-hybridized carbons (Fsp3) is 0.156. The van der Waals surface area contributed by atoms with Gasteiger partial charge in [-0.3, -0.25) is 4.79 Å². The highest BCUT2D eigenvalue weighted by molar-refractivity contribution is 7.99. The highest BCUT2D eigenvalue weighted by Crippen LogP contribution is 2.33. The third-order valence-corrected chi connectivity index (χ3v) is 7.33. The molecule has 0 fully saturated rings. The van der Waals surface area contributed by atoms with E-state index >= 15 is 0 Å². The van der Waals surface area contributed by atoms with Crippen LogP contribution in [0.1, 0.15) is 38.3 Å². The van der Waals surface area contributed by atoms with Crippen LogP contribution in [-0.4, -0.2) is 32.1 Å². The second-order valence-corrected chi connectivity index (χ2v) is 10.5. The number of hydrogen-bond donors (Lipinski definition) is 1. The molecule has 0 aromatic heterocycles. The van der Waals surface area contributed by atoms with Crippen LogP contribution in [0.3, 0.4) is 0 Å². The van der Waals surface area contributed by atoms with Gasteiger partial charge in [-0.25, -0.2) is 9.59 Å². The average molecular weight is 590 g/mol. The lowest BCUT2D eigenvalue weighted by atomic mass is 10.1. The van der Waals surface area contributed by atoms with Gasteiger partial charge in [0, 0.05) is 26.9 Å². The molecule has 0 saturated heterocycles. The number of aryl methyl sites for hydroxylation is 1. The molecule has 0 atom stereocenters. The first-order valence-corrected chi connectivity index (χ1v) is 13.9. The van der Waals surface area contributed by atoms with Crippen LogP contribution in [-0.2, 0) is 27.3 Å². The van der Waals surface area contributed by atoms with Gasteiger partial charge in [0.2, 0.25) is 5.91 Å². The Balaban J connectivity index is 1.35. The van der Waals surface area contributed by atoms with Crippen molar-refractivity contribution >= 4 is 46.9 Å². The molecule has 1 N–H and O–H groups in total. The minimum Gasteiger partial charge on any atom is -0.489 e. The van der Waals surface area contributed by atoms with Crippen LogP contribution in [0.15, 0.2) is 101 Å². The molecule has 0 heterocycles. The summed E-state index contributed by atoms with van der Waals surface area (Å²) in [5, 5.41) is 3.28. The second-order valence-electron chi connectivity index (χ2n) is 8.93. The smallest absolute Gasteiger partial charge is 0.337 e. The van der Waals surface area contributed by atoms with Gasteiger partial charge < -0.3 is 19.5 Å². The number of rotatable bonds is 11. The van der Waals surface area contributed by atoms with Crippen LogP contribution in [0, 0.1) is 0 Å². The lowest BCUT2D eigenvalue weighted by molar-refractivity contribution is -0.116. The van der Waals surface area contributed by atoms with Gasteiger partial charge in [-0.2, -0.15) is 0 Å². The Labute approximate surface area is 247 Å². The molecule has 1 amide bonds. The molecule has 0 radical (unpaired) electrons. The molecule has 4 aromatic rings. The van der Waals surface area contributed by atoms with E-state index in [0.717, 1.165) is 26.7 Å². The molecule has 7 nitrogen and oxygen atoms in total. The molecule has 0 saturated carbocycles. The predicted octanol–water partition coefficient (Wildman–Crippen LogP) is 7.21. The van der Waals surface area contributed by atoms with Gasteiger partial charge in [0.15, 0.2) is 0 Å². The fourth-order valence-corrected chi connectivity index (χ4v) is 5.19. The SMILES string of the molecule is COC(=O)c1cc(NC(=O)CCc2ccc(Sc3cccc(OCc4ccccc4)c3)cc2Cl)cc(C(=O)OC)c1. The molecular formula is C32H28ClNO6S. The lowest BCUT2D eigenvalue weighted by Gasteiger charge is -2.11. The molecule has 41 heavy (non-hydrogen) atoms. The van der Waals surface area contributed by atoms with Crippen LogP contribution in [0.5, 0.6) is 5.75 Å². The fourth-order valence-electron chi connectivity index (χ4n) is 3.94. The van der Waals surface area contributed by atoms with Gasteiger partial charge in [-0.15, -0.1) is 0 Å². The predicted molar refractivity (Wildman–Crippen MR) is 159 cm³/mol. The summed E-state index contributed by atoms with van der Waals surface area (Å²) in [6.07, 6.45) is 0.544. The minimum atomic E-state index is -0.637. The number of anilines is 1. The number of amides is 1. The normalized spacial score (nSPS) is 10.5. The Hall–Kier alpha value is -4.27. The quantitative estimate of drug-likeness (QED) is 0.185. The van der Waals surface area contributed by atoms with Crippen molar-refractivity contribution in [1.82, 2.24) is 0 Å². The Morgan fingerprint density at radius 3 is 2.12 bits per heavy atom. The monoisotopic (exact) mass is 589 g/mol. The largest absolute Gasteiger partial charge is 0.489 e. The molecule has 9 heteroatoms. The Kier molecular flexibility index (Phi) is 10.4. The number of esters is 2. The highest BCUT2D eigenvalue weighted by atomic mass is 35.5. The first-order valence-electron chi connectivity index (χ1n) is 12.7. The molecule has 0 bridgehead atoms. The van der Waals surface area contributed by atoms with E-state index in [1.54, 1.807) is 11.8 Å². The van der Waals surface area contributed by atoms with E-state index in [4.69, 9.17) is 25.8 Å². The summed E-state index contributed by atoms with van der Waals surface area (Å²) in [4.78, 5) is 38.6. The number of carbonyl (C=O) groups is 3. The standard InChI is InChI=1S/C32H28ClNO6S/c1-38-31(36)23-15-24(32(37)39-2)17-25(16-23)34-30(35)14-12-22-11-13-28(19-29(22)33)41-27-10-6-9-26(18-27)40-20-21-7-4-3-5-8-21/h3-11,13,15-19H,12,14,20H2,1-2H3,(H,34,35). The zero-order valence-corrected chi connectivity index (χ0v) is 24.1. The van der Waals surface area contributed by atoms with Crippen molar-refractivity contribution in [2.24, 2.45) is 0 Å². The van der Waals surface area contributed by atoms with Gasteiger partial charge in [-0.05, 0) is 66.1 Å². The first kappa shape index (κ1) is 29.7. The molecule has 0 aliphatic carbocycles. The van der Waals surface area contributed by atoms with Crippen LogP contribution >= 0.6 is 23.4 Å². The summed E-state index contributed by atoms with van der Waals surface area (Å²) < 4.78 is 15.4. The average Bonchev–Trinajstić information content (AvgIpc) is 2.99. The van der Waals surface area contributed by atoms with E-state index in [0.29, 0.717) is 18.1 Å². The highest BCUT2D eigenvalue weighted by Gasteiger charge is 2.15. The van der Waals surface area contributed by atoms with Crippen LogP contribution in [0.4, 0.5) is 5.69 Å². The number of hydrogen-bond acceptors (Lipinski definition) is 7. The molecule has 0 aliphatic heterocycles. The van der Waals surface area contributed by atoms with Crippen molar-refractivity contribution in [3.63, 3.8) is 0 Å². The van der Waals surface area contributed by atoms with E-state index in [-0.39, 0.29) is 29.1 Å². The molecule has 210 valence electrons. The molecule has 4 rings (SSSR count). The molecular weight excluding hydrogens is 562 g/mol. The zero-order valence-electron chi connectivity index (χ0n) is 22.5. The molecule has 4 aromatic carbocycles. The molecule has 0 spiro atoms. The van der Waals surface area contributed by atoms with Gasteiger partial charge in [-0.1, -0.05) is 65.8 Å². The summed E-state index contributed by atoms with van der Waals surface area (Å²) in [6, 6.07) is 27.8. The summed E-state index contributed by atoms with van der Waals surface area (Å²) in [5.74, 6) is -0.794. The zero-order chi connectivity index (χ0) is 29.2. The van der Waals surface area contributed by atoms with Gasteiger partial charge in [0.25, 0.3) is 0 Å². The van der Waals surface area contributed by atoms with Crippen LogP contribution in [0.25, 0.3) is 0 Å². The Bertz CT molecular complexity index is 1510. The summed E-state index contributed by atoms with van der Waals surface area (Å²) in [5.41, 5.74) is 2.45. The molecule has 0 unspecified atom stereocenters.